The summed E-state index contributed by atoms with van der Waals surface area (Å²) >= 11 is 0. The van der Waals surface area contributed by atoms with Gasteiger partial charge in [0.1, 0.15) is 23.2 Å². The number of hydrogen-bond donors (Lipinski definition) is 3. The maximum Gasteiger partial charge on any atom is 0.235 e. The molecule has 0 radical (unpaired) electrons. The van der Waals surface area contributed by atoms with Crippen molar-refractivity contribution in [1.29, 1.82) is 0 Å². The van der Waals surface area contributed by atoms with Gasteiger partial charge >= 0.3 is 0 Å². The fourth-order valence-electron chi connectivity index (χ4n) is 5.47. The highest BCUT2D eigenvalue weighted by Gasteiger charge is 2.56. The Bertz CT molecular complexity index is 1440. The van der Waals surface area contributed by atoms with E-state index < -0.39 is 47.4 Å². The summed E-state index contributed by atoms with van der Waals surface area (Å²) in [5, 5.41) is 17.2. The van der Waals surface area contributed by atoms with Crippen molar-refractivity contribution in [2.45, 2.75) is 24.9 Å². The maximum absolute atomic E-state index is 14.0. The van der Waals surface area contributed by atoms with Gasteiger partial charge in [-0.2, -0.15) is 0 Å². The average molecular weight is 563 g/mol. The van der Waals surface area contributed by atoms with E-state index in [4.69, 9.17) is 18.9 Å². The Morgan fingerprint density at radius 2 is 1.27 bits per heavy atom. The summed E-state index contributed by atoms with van der Waals surface area (Å²) in [6.45, 7) is 1.43. The second-order valence-corrected chi connectivity index (χ2v) is 9.97. The summed E-state index contributed by atoms with van der Waals surface area (Å²) < 4.78 is 21.6. The molecule has 2 amide bonds. The van der Waals surface area contributed by atoms with Gasteiger partial charge in [0.05, 0.1) is 51.3 Å². The number of amides is 2. The molecule has 0 bridgehead atoms. The molecule has 3 aromatic carbocycles. The summed E-state index contributed by atoms with van der Waals surface area (Å²) in [7, 11) is 5.89. The molecule has 0 aliphatic heterocycles. The van der Waals surface area contributed by atoms with Crippen LogP contribution >= 0.6 is 0 Å². The predicted octanol–water partition coefficient (Wildman–Crippen LogP) is 4.04. The number of methoxy groups -OCH3 is 4. The molecule has 1 aliphatic carbocycles. The lowest BCUT2D eigenvalue weighted by Crippen LogP contribution is -2.56. The van der Waals surface area contributed by atoms with Crippen molar-refractivity contribution in [2.24, 2.45) is 11.8 Å². The van der Waals surface area contributed by atoms with Crippen LogP contribution in [0.1, 0.15) is 24.8 Å². The van der Waals surface area contributed by atoms with Crippen molar-refractivity contribution < 1.29 is 38.4 Å². The van der Waals surface area contributed by atoms with Crippen LogP contribution in [-0.2, 0) is 14.4 Å². The number of ether oxygens (including phenoxy) is 4. The van der Waals surface area contributed by atoms with Gasteiger partial charge in [-0.25, -0.2) is 0 Å². The Hall–Kier alpha value is -4.57. The summed E-state index contributed by atoms with van der Waals surface area (Å²) in [6.07, 6.45) is -0.412. The highest BCUT2D eigenvalue weighted by Crippen LogP contribution is 2.48. The van der Waals surface area contributed by atoms with Crippen LogP contribution in [0.25, 0.3) is 0 Å². The number of para-hydroxylation sites is 4. The van der Waals surface area contributed by atoms with Crippen LogP contribution in [0.4, 0.5) is 11.4 Å². The van der Waals surface area contributed by atoms with Crippen molar-refractivity contribution in [3.05, 3.63) is 72.3 Å². The van der Waals surface area contributed by atoms with Gasteiger partial charge in [0.15, 0.2) is 11.5 Å². The van der Waals surface area contributed by atoms with E-state index in [-0.39, 0.29) is 0 Å². The van der Waals surface area contributed by atoms with Gasteiger partial charge in [-0.1, -0.05) is 30.3 Å². The first kappa shape index (κ1) is 29.4. The van der Waals surface area contributed by atoms with Crippen molar-refractivity contribution in [3.8, 4) is 23.0 Å². The molecule has 10 heteroatoms. The molecule has 41 heavy (non-hydrogen) atoms. The smallest absolute Gasteiger partial charge is 0.235 e. The van der Waals surface area contributed by atoms with Gasteiger partial charge in [-0.3, -0.25) is 14.4 Å². The van der Waals surface area contributed by atoms with Crippen LogP contribution in [0.3, 0.4) is 0 Å². The second-order valence-electron chi connectivity index (χ2n) is 9.97. The van der Waals surface area contributed by atoms with Crippen LogP contribution in [0.15, 0.2) is 66.7 Å². The highest BCUT2D eigenvalue weighted by molar-refractivity contribution is 6.11. The van der Waals surface area contributed by atoms with E-state index in [1.165, 1.54) is 35.4 Å². The zero-order valence-electron chi connectivity index (χ0n) is 23.6. The lowest BCUT2D eigenvalue weighted by molar-refractivity contribution is -0.150. The predicted molar refractivity (Wildman–Crippen MR) is 153 cm³/mol. The van der Waals surface area contributed by atoms with Crippen LogP contribution in [0.5, 0.6) is 23.0 Å². The summed E-state index contributed by atoms with van der Waals surface area (Å²) in [6, 6.07) is 18.6. The van der Waals surface area contributed by atoms with E-state index in [9.17, 15) is 19.5 Å². The largest absolute Gasteiger partial charge is 0.495 e. The monoisotopic (exact) mass is 562 g/mol. The SMILES string of the molecule is COc1ccccc1NC(=O)[C@@H]1C(=O)C[C@@](C)(O)[C@@H](C(=O)Nc2ccccc2OC)[C@H]1c1ccc(OC)c(OC)c1. The van der Waals surface area contributed by atoms with Gasteiger partial charge < -0.3 is 34.7 Å². The van der Waals surface area contributed by atoms with E-state index in [0.29, 0.717) is 39.9 Å². The quantitative estimate of drug-likeness (QED) is 0.333. The Morgan fingerprint density at radius 3 is 1.80 bits per heavy atom. The minimum absolute atomic E-state index is 0.343. The van der Waals surface area contributed by atoms with Crippen LogP contribution in [0.2, 0.25) is 0 Å². The molecule has 0 spiro atoms. The van der Waals surface area contributed by atoms with Gasteiger partial charge in [-0.05, 0) is 48.9 Å². The molecule has 0 heterocycles. The fourth-order valence-corrected chi connectivity index (χ4v) is 5.47. The number of ketones is 1. The number of nitrogens with one attached hydrogen (secondary N) is 2. The van der Waals surface area contributed by atoms with E-state index in [1.54, 1.807) is 66.7 Å². The summed E-state index contributed by atoms with van der Waals surface area (Å²) in [5.41, 5.74) is -0.598. The van der Waals surface area contributed by atoms with E-state index in [0.717, 1.165) is 0 Å². The standard InChI is InChI=1S/C31H34N2O8/c1-31(37)17-21(34)27(29(35)32-19-10-6-8-12-22(19)38-2)26(18-14-15-24(40-4)25(16-18)41-5)28(31)30(36)33-20-11-7-9-13-23(20)39-3/h6-16,26-28,37H,17H2,1-5H3,(H,32,35)(H,33,36)/t26-,27+,28+,31+/m0/s1. The van der Waals surface area contributed by atoms with Gasteiger partial charge in [-0.15, -0.1) is 0 Å². The molecule has 0 saturated heterocycles. The van der Waals surface area contributed by atoms with E-state index in [1.807, 2.05) is 0 Å². The second kappa shape index (κ2) is 12.3. The number of carbonyl (C=O) groups excluding carboxylic acids is 3. The molecular formula is C31H34N2O8. The molecule has 216 valence electrons. The third-order valence-electron chi connectivity index (χ3n) is 7.35. The van der Waals surface area contributed by atoms with Gasteiger partial charge in [0, 0.05) is 12.3 Å². The lowest BCUT2D eigenvalue weighted by atomic mass is 9.61. The molecule has 3 aromatic rings. The van der Waals surface area contributed by atoms with Crippen molar-refractivity contribution >= 4 is 29.0 Å². The minimum atomic E-state index is -1.79. The number of carbonyl (C=O) groups is 3. The number of hydrogen-bond acceptors (Lipinski definition) is 8. The van der Waals surface area contributed by atoms with Gasteiger partial charge in [0.2, 0.25) is 11.8 Å². The Labute approximate surface area is 238 Å². The summed E-state index contributed by atoms with van der Waals surface area (Å²) in [5.74, 6) is -3.76. The molecule has 4 atom stereocenters. The Kier molecular flexibility index (Phi) is 8.83. The van der Waals surface area contributed by atoms with E-state index in [2.05, 4.69) is 10.6 Å². The highest BCUT2D eigenvalue weighted by atomic mass is 16.5. The molecule has 3 N–H and O–H groups in total. The normalized spacial score (nSPS) is 21.9. The third-order valence-corrected chi connectivity index (χ3v) is 7.35. The molecular weight excluding hydrogens is 528 g/mol. The summed E-state index contributed by atoms with van der Waals surface area (Å²) in [4.78, 5) is 41.5. The topological polar surface area (TPSA) is 132 Å². The number of anilines is 2. The number of Topliss-reactive ketones (excluding diaryl/α,β-unsaturated/α-hetero) is 1. The zero-order valence-corrected chi connectivity index (χ0v) is 23.6. The maximum atomic E-state index is 14.0. The Balaban J connectivity index is 1.84. The molecule has 0 unspecified atom stereocenters. The fraction of sp³-hybridized carbons (Fsp3) is 0.323. The zero-order chi connectivity index (χ0) is 29.7. The van der Waals surface area contributed by atoms with Crippen molar-refractivity contribution in [3.63, 3.8) is 0 Å². The van der Waals surface area contributed by atoms with Crippen LogP contribution in [0, 0.1) is 11.8 Å². The Morgan fingerprint density at radius 1 is 0.756 bits per heavy atom. The van der Waals surface area contributed by atoms with Crippen molar-refractivity contribution in [2.75, 3.05) is 39.1 Å². The lowest BCUT2D eigenvalue weighted by Gasteiger charge is -2.44. The van der Waals surface area contributed by atoms with Crippen LogP contribution in [-0.4, -0.2) is 56.7 Å². The molecule has 0 aromatic heterocycles. The molecule has 10 nitrogen and oxygen atoms in total. The third kappa shape index (κ3) is 5.97. The number of benzene rings is 3. The first-order valence-corrected chi connectivity index (χ1v) is 13.0. The average Bonchev–Trinajstić information content (AvgIpc) is 2.96. The molecule has 4 rings (SSSR count). The van der Waals surface area contributed by atoms with Gasteiger partial charge in [0.25, 0.3) is 0 Å². The molecule has 1 saturated carbocycles. The molecule has 1 aliphatic rings. The number of aliphatic hydroxyl groups is 1. The first-order valence-electron chi connectivity index (χ1n) is 13.0. The minimum Gasteiger partial charge on any atom is -0.495 e. The van der Waals surface area contributed by atoms with E-state index >= 15 is 0 Å². The van der Waals surface area contributed by atoms with Crippen LogP contribution < -0.4 is 29.6 Å². The first-order chi connectivity index (χ1) is 19.6. The van der Waals surface area contributed by atoms with Crippen molar-refractivity contribution in [1.82, 2.24) is 0 Å². The number of rotatable bonds is 9. The molecule has 1 fully saturated rings.